The highest BCUT2D eigenvalue weighted by atomic mass is 16.3. The molecule has 2 atom stereocenters. The maximum absolute atomic E-state index is 9.06. The van der Waals surface area contributed by atoms with Gasteiger partial charge >= 0.3 is 0 Å². The summed E-state index contributed by atoms with van der Waals surface area (Å²) < 4.78 is 0. The molecule has 0 aromatic carbocycles. The predicted octanol–water partition coefficient (Wildman–Crippen LogP) is 0.299. The summed E-state index contributed by atoms with van der Waals surface area (Å²) in [7, 11) is 2.00. The van der Waals surface area contributed by atoms with E-state index >= 15 is 0 Å². The SMILES string of the molecule is CNC(C)CN1CCCC(CO)C1. The molecule has 1 aliphatic heterocycles. The molecule has 13 heavy (non-hydrogen) atoms. The first kappa shape index (κ1) is 11.0. The Bertz CT molecular complexity index is 139. The van der Waals surface area contributed by atoms with E-state index in [1.165, 1.54) is 19.4 Å². The van der Waals surface area contributed by atoms with E-state index in [0.29, 0.717) is 18.6 Å². The molecule has 1 saturated heterocycles. The normalized spacial score (nSPS) is 27.5. The first-order valence-corrected chi connectivity index (χ1v) is 5.26. The van der Waals surface area contributed by atoms with E-state index in [0.717, 1.165) is 13.1 Å². The molecule has 0 aliphatic carbocycles. The molecule has 0 amide bonds. The highest BCUT2D eigenvalue weighted by Crippen LogP contribution is 2.15. The van der Waals surface area contributed by atoms with Gasteiger partial charge in [0.2, 0.25) is 0 Å². The van der Waals surface area contributed by atoms with E-state index in [1.54, 1.807) is 0 Å². The van der Waals surface area contributed by atoms with Crippen LogP contribution >= 0.6 is 0 Å². The minimum absolute atomic E-state index is 0.352. The maximum Gasteiger partial charge on any atom is 0.0471 e. The van der Waals surface area contributed by atoms with Crippen LogP contribution in [0.1, 0.15) is 19.8 Å². The molecular weight excluding hydrogens is 164 g/mol. The van der Waals surface area contributed by atoms with Crippen molar-refractivity contribution in [1.29, 1.82) is 0 Å². The van der Waals surface area contributed by atoms with Crippen LogP contribution < -0.4 is 5.32 Å². The largest absolute Gasteiger partial charge is 0.396 e. The Balaban J connectivity index is 2.25. The van der Waals surface area contributed by atoms with Gasteiger partial charge in [0, 0.05) is 25.7 Å². The van der Waals surface area contributed by atoms with Crippen molar-refractivity contribution in [3.05, 3.63) is 0 Å². The van der Waals surface area contributed by atoms with Gasteiger partial charge in [-0.2, -0.15) is 0 Å². The molecule has 3 heteroatoms. The van der Waals surface area contributed by atoms with Crippen molar-refractivity contribution in [2.24, 2.45) is 5.92 Å². The molecule has 3 nitrogen and oxygen atoms in total. The molecule has 1 heterocycles. The monoisotopic (exact) mass is 186 g/mol. The van der Waals surface area contributed by atoms with E-state index < -0.39 is 0 Å². The van der Waals surface area contributed by atoms with Gasteiger partial charge in [0.1, 0.15) is 0 Å². The fourth-order valence-corrected chi connectivity index (χ4v) is 1.94. The van der Waals surface area contributed by atoms with Crippen LogP contribution in [0.4, 0.5) is 0 Å². The van der Waals surface area contributed by atoms with Gasteiger partial charge < -0.3 is 15.3 Å². The Hall–Kier alpha value is -0.120. The Kier molecular flexibility index (Phi) is 4.70. The average Bonchev–Trinajstić information content (AvgIpc) is 2.18. The van der Waals surface area contributed by atoms with Gasteiger partial charge in [-0.1, -0.05) is 0 Å². The lowest BCUT2D eigenvalue weighted by Gasteiger charge is -2.33. The summed E-state index contributed by atoms with van der Waals surface area (Å²) in [5.74, 6) is 0.512. The van der Waals surface area contributed by atoms with Gasteiger partial charge in [-0.05, 0) is 39.3 Å². The highest BCUT2D eigenvalue weighted by Gasteiger charge is 2.19. The number of nitrogens with one attached hydrogen (secondary N) is 1. The van der Waals surface area contributed by atoms with Gasteiger partial charge in [0.15, 0.2) is 0 Å². The summed E-state index contributed by atoms with van der Waals surface area (Å²) in [4.78, 5) is 2.45. The number of hydrogen-bond acceptors (Lipinski definition) is 3. The third-order valence-corrected chi connectivity index (χ3v) is 2.89. The molecule has 78 valence electrons. The summed E-state index contributed by atoms with van der Waals surface area (Å²) in [6, 6.07) is 0.553. The summed E-state index contributed by atoms with van der Waals surface area (Å²) >= 11 is 0. The van der Waals surface area contributed by atoms with Crippen molar-refractivity contribution in [1.82, 2.24) is 10.2 Å². The molecule has 0 aromatic rings. The Morgan fingerprint density at radius 2 is 2.38 bits per heavy atom. The van der Waals surface area contributed by atoms with Crippen molar-refractivity contribution in [3.63, 3.8) is 0 Å². The number of nitrogens with zero attached hydrogens (tertiary/aromatic N) is 1. The van der Waals surface area contributed by atoms with Crippen molar-refractivity contribution in [3.8, 4) is 0 Å². The Morgan fingerprint density at radius 3 is 3.00 bits per heavy atom. The number of aliphatic hydroxyl groups excluding tert-OH is 1. The smallest absolute Gasteiger partial charge is 0.0471 e. The van der Waals surface area contributed by atoms with Crippen molar-refractivity contribution in [2.75, 3.05) is 33.3 Å². The number of likely N-dealkylation sites (N-methyl/N-ethyl adjacent to an activating group) is 1. The van der Waals surface area contributed by atoms with E-state index in [2.05, 4.69) is 17.1 Å². The van der Waals surface area contributed by atoms with Gasteiger partial charge in [0.25, 0.3) is 0 Å². The number of hydrogen-bond donors (Lipinski definition) is 2. The van der Waals surface area contributed by atoms with Crippen LogP contribution in [0.25, 0.3) is 0 Å². The molecule has 2 N–H and O–H groups in total. The number of rotatable bonds is 4. The summed E-state index contributed by atoms with van der Waals surface area (Å²) in [6.07, 6.45) is 2.43. The van der Waals surface area contributed by atoms with Crippen molar-refractivity contribution in [2.45, 2.75) is 25.8 Å². The first-order chi connectivity index (χ1) is 6.26. The third-order valence-electron chi connectivity index (χ3n) is 2.89. The average molecular weight is 186 g/mol. The molecule has 2 unspecified atom stereocenters. The second kappa shape index (κ2) is 5.58. The van der Waals surface area contributed by atoms with Crippen LogP contribution in [0, 0.1) is 5.92 Å². The fraction of sp³-hybridized carbons (Fsp3) is 1.00. The number of aliphatic hydroxyl groups is 1. The van der Waals surface area contributed by atoms with E-state index in [4.69, 9.17) is 5.11 Å². The lowest BCUT2D eigenvalue weighted by atomic mass is 9.99. The van der Waals surface area contributed by atoms with E-state index in [-0.39, 0.29) is 0 Å². The second-order valence-electron chi connectivity index (χ2n) is 4.14. The van der Waals surface area contributed by atoms with Crippen LogP contribution in [-0.2, 0) is 0 Å². The predicted molar refractivity (Wildman–Crippen MR) is 54.8 cm³/mol. The molecule has 1 rings (SSSR count). The summed E-state index contributed by atoms with van der Waals surface area (Å²) in [5.41, 5.74) is 0. The molecule has 0 bridgehead atoms. The van der Waals surface area contributed by atoms with Crippen LogP contribution in [0.3, 0.4) is 0 Å². The zero-order valence-corrected chi connectivity index (χ0v) is 8.79. The summed E-state index contributed by atoms with van der Waals surface area (Å²) in [6.45, 7) is 5.92. The molecule has 0 aromatic heterocycles. The number of likely N-dealkylation sites (tertiary alicyclic amines) is 1. The molecule has 0 saturated carbocycles. The minimum Gasteiger partial charge on any atom is -0.396 e. The molecule has 1 aliphatic rings. The maximum atomic E-state index is 9.06. The zero-order valence-electron chi connectivity index (χ0n) is 8.79. The quantitative estimate of drug-likeness (QED) is 0.663. The van der Waals surface area contributed by atoms with E-state index in [1.807, 2.05) is 7.05 Å². The lowest BCUT2D eigenvalue weighted by Crippen LogP contribution is -2.43. The van der Waals surface area contributed by atoms with E-state index in [9.17, 15) is 0 Å². The van der Waals surface area contributed by atoms with Gasteiger partial charge in [-0.3, -0.25) is 0 Å². The van der Waals surface area contributed by atoms with Crippen LogP contribution in [0.2, 0.25) is 0 Å². The highest BCUT2D eigenvalue weighted by molar-refractivity contribution is 4.75. The molecule has 0 spiro atoms. The lowest BCUT2D eigenvalue weighted by molar-refractivity contribution is 0.115. The van der Waals surface area contributed by atoms with Gasteiger partial charge in [0.05, 0.1) is 0 Å². The molecule has 1 fully saturated rings. The number of piperidine rings is 1. The second-order valence-corrected chi connectivity index (χ2v) is 4.14. The topological polar surface area (TPSA) is 35.5 Å². The fourth-order valence-electron chi connectivity index (χ4n) is 1.94. The summed E-state index contributed by atoms with van der Waals surface area (Å²) in [5, 5.41) is 12.3. The van der Waals surface area contributed by atoms with Crippen molar-refractivity contribution >= 4 is 0 Å². The van der Waals surface area contributed by atoms with Crippen LogP contribution in [0.15, 0.2) is 0 Å². The minimum atomic E-state index is 0.352. The van der Waals surface area contributed by atoms with Crippen LogP contribution in [0.5, 0.6) is 0 Å². The molecular formula is C10H22N2O. The van der Waals surface area contributed by atoms with Gasteiger partial charge in [-0.15, -0.1) is 0 Å². The van der Waals surface area contributed by atoms with Crippen LogP contribution in [-0.4, -0.2) is 49.3 Å². The first-order valence-electron chi connectivity index (χ1n) is 5.26. The Labute approximate surface area is 81.1 Å². The van der Waals surface area contributed by atoms with Gasteiger partial charge in [-0.25, -0.2) is 0 Å². The zero-order chi connectivity index (χ0) is 9.68. The van der Waals surface area contributed by atoms with Crippen molar-refractivity contribution < 1.29 is 5.11 Å². The third kappa shape index (κ3) is 3.63. The standard InChI is InChI=1S/C10H22N2O/c1-9(11-2)6-12-5-3-4-10(7-12)8-13/h9-11,13H,3-8H2,1-2H3. The molecule has 0 radical (unpaired) electrons. The Morgan fingerprint density at radius 1 is 1.62 bits per heavy atom.